The van der Waals surface area contributed by atoms with Crippen molar-refractivity contribution < 1.29 is 0 Å². The summed E-state index contributed by atoms with van der Waals surface area (Å²) in [5, 5.41) is 3.48. The Bertz CT molecular complexity index is 899. The Morgan fingerprint density at radius 1 is 1.20 bits per heavy atom. The second kappa shape index (κ2) is 4.14. The molecule has 98 valence electrons. The van der Waals surface area contributed by atoms with Crippen molar-refractivity contribution in [2.24, 2.45) is 4.99 Å². The third-order valence-electron chi connectivity index (χ3n) is 4.11. The Balaban J connectivity index is 2.12. The number of nitrogens with zero attached hydrogens (tertiary/aromatic N) is 2. The van der Waals surface area contributed by atoms with E-state index in [0.717, 1.165) is 23.0 Å². The molecule has 0 N–H and O–H groups in total. The van der Waals surface area contributed by atoms with Crippen LogP contribution in [0.4, 0.5) is 0 Å². The van der Waals surface area contributed by atoms with Gasteiger partial charge in [0.25, 0.3) is 0 Å². The molecule has 1 aliphatic carbocycles. The first-order valence-corrected chi connectivity index (χ1v) is 7.12. The highest BCUT2D eigenvalue weighted by atomic mass is 14.8. The quantitative estimate of drug-likeness (QED) is 0.774. The van der Waals surface area contributed by atoms with Gasteiger partial charge in [-0.2, -0.15) is 0 Å². The van der Waals surface area contributed by atoms with E-state index in [1.54, 1.807) is 0 Å². The summed E-state index contributed by atoms with van der Waals surface area (Å²) >= 11 is 0. The zero-order valence-corrected chi connectivity index (χ0v) is 11.7. The lowest BCUT2D eigenvalue weighted by molar-refractivity contribution is 0.868. The predicted octanol–water partition coefficient (Wildman–Crippen LogP) is 2.99. The minimum absolute atomic E-state index is 0.521. The first kappa shape index (κ1) is 11.6. The molecule has 0 unspecified atom stereocenters. The minimum atomic E-state index is 0.521. The molecule has 0 saturated heterocycles. The number of benzene rings is 1. The van der Waals surface area contributed by atoms with Crippen LogP contribution in [0.3, 0.4) is 0 Å². The molecule has 2 nitrogen and oxygen atoms in total. The van der Waals surface area contributed by atoms with E-state index in [1.807, 2.05) is 6.20 Å². The van der Waals surface area contributed by atoms with Gasteiger partial charge in [-0.3, -0.25) is 4.98 Å². The number of hydrogen-bond acceptors (Lipinski definition) is 2. The summed E-state index contributed by atoms with van der Waals surface area (Å²) in [4.78, 5) is 9.45. The zero-order chi connectivity index (χ0) is 13.7. The number of pyridine rings is 1. The minimum Gasteiger partial charge on any atom is -0.255 e. The lowest BCUT2D eigenvalue weighted by Crippen LogP contribution is -2.25. The van der Waals surface area contributed by atoms with Crippen molar-refractivity contribution >= 4 is 16.5 Å². The van der Waals surface area contributed by atoms with E-state index in [0.29, 0.717) is 5.92 Å². The fraction of sp³-hybridized carbons (Fsp3) is 0.222. The number of fused-ring (bicyclic) bond motifs is 4. The van der Waals surface area contributed by atoms with Gasteiger partial charge in [-0.25, -0.2) is 4.99 Å². The van der Waals surface area contributed by atoms with Gasteiger partial charge in [0, 0.05) is 16.8 Å². The van der Waals surface area contributed by atoms with Crippen LogP contribution in [-0.2, 0) is 0 Å². The van der Waals surface area contributed by atoms with Gasteiger partial charge in [0.1, 0.15) is 0 Å². The summed E-state index contributed by atoms with van der Waals surface area (Å²) in [5.41, 5.74) is 4.79. The van der Waals surface area contributed by atoms with Crippen molar-refractivity contribution in [3.05, 3.63) is 64.5 Å². The Morgan fingerprint density at radius 2 is 2.10 bits per heavy atom. The Labute approximate surface area is 117 Å². The molecule has 0 amide bonds. The van der Waals surface area contributed by atoms with Gasteiger partial charge in [-0.15, -0.1) is 0 Å². The van der Waals surface area contributed by atoms with E-state index in [-0.39, 0.29) is 0 Å². The molecular formula is C18H16N2. The van der Waals surface area contributed by atoms with Crippen LogP contribution < -0.4 is 10.6 Å². The Kier molecular flexibility index (Phi) is 2.40. The summed E-state index contributed by atoms with van der Waals surface area (Å²) in [6.45, 7) is 4.44. The van der Waals surface area contributed by atoms with Gasteiger partial charge in [-0.1, -0.05) is 32.1 Å². The van der Waals surface area contributed by atoms with Crippen molar-refractivity contribution in [2.75, 3.05) is 0 Å². The first-order valence-electron chi connectivity index (χ1n) is 7.12. The van der Waals surface area contributed by atoms with Crippen LogP contribution in [-0.4, -0.2) is 4.98 Å². The second-order valence-electron chi connectivity index (χ2n) is 5.73. The fourth-order valence-electron chi connectivity index (χ4n) is 2.92. The van der Waals surface area contributed by atoms with Gasteiger partial charge >= 0.3 is 0 Å². The maximum absolute atomic E-state index is 4.84. The molecule has 2 heteroatoms. The van der Waals surface area contributed by atoms with Crippen molar-refractivity contribution in [3.63, 3.8) is 0 Å². The maximum atomic E-state index is 4.84. The van der Waals surface area contributed by atoms with E-state index in [2.05, 4.69) is 55.3 Å². The molecule has 1 aliphatic heterocycles. The van der Waals surface area contributed by atoms with Crippen molar-refractivity contribution in [1.82, 2.24) is 4.98 Å². The SMILES string of the molecule is CC(C)c1ccc2ncc3c(c2c1)=NC1=CC=CCC=31. The van der Waals surface area contributed by atoms with Crippen molar-refractivity contribution in [2.45, 2.75) is 26.2 Å². The molecule has 2 aliphatic rings. The lowest BCUT2D eigenvalue weighted by Gasteiger charge is -2.06. The van der Waals surface area contributed by atoms with Crippen LogP contribution in [0.1, 0.15) is 31.7 Å². The molecule has 0 atom stereocenters. The summed E-state index contributed by atoms with van der Waals surface area (Å²) in [6, 6.07) is 6.53. The molecule has 0 saturated carbocycles. The maximum Gasteiger partial charge on any atom is 0.0822 e. The van der Waals surface area contributed by atoms with Crippen molar-refractivity contribution in [1.29, 1.82) is 0 Å². The van der Waals surface area contributed by atoms with Gasteiger partial charge in [0.2, 0.25) is 0 Å². The molecule has 2 heterocycles. The molecule has 0 radical (unpaired) electrons. The highest BCUT2D eigenvalue weighted by Crippen LogP contribution is 2.24. The smallest absolute Gasteiger partial charge is 0.0822 e. The molecule has 20 heavy (non-hydrogen) atoms. The largest absolute Gasteiger partial charge is 0.255 e. The average Bonchev–Trinajstić information content (AvgIpc) is 2.85. The van der Waals surface area contributed by atoms with E-state index in [9.17, 15) is 0 Å². The molecule has 4 rings (SSSR count). The lowest BCUT2D eigenvalue weighted by atomic mass is 10.00. The van der Waals surface area contributed by atoms with Crippen LogP contribution in [0, 0.1) is 0 Å². The molecule has 2 aromatic rings. The van der Waals surface area contributed by atoms with Gasteiger partial charge in [-0.05, 0) is 41.7 Å². The summed E-state index contributed by atoms with van der Waals surface area (Å²) in [5.74, 6) is 0.521. The number of aromatic nitrogens is 1. The number of rotatable bonds is 1. The molecule has 1 aromatic carbocycles. The second-order valence-corrected chi connectivity index (χ2v) is 5.73. The zero-order valence-electron chi connectivity index (χ0n) is 11.7. The third-order valence-corrected chi connectivity index (χ3v) is 4.11. The standard InChI is InChI=1S/C18H16N2/c1-11(2)12-7-8-16-14(9-12)18-15(10-19-16)13-5-3-4-6-17(13)20-18/h3-4,6-11H,5H2,1-2H3. The van der Waals surface area contributed by atoms with Crippen LogP contribution in [0.2, 0.25) is 0 Å². The molecule has 1 aromatic heterocycles. The predicted molar refractivity (Wildman–Crippen MR) is 81.9 cm³/mol. The van der Waals surface area contributed by atoms with Crippen LogP contribution in [0.5, 0.6) is 0 Å². The Hall–Kier alpha value is -2.22. The van der Waals surface area contributed by atoms with Crippen LogP contribution >= 0.6 is 0 Å². The van der Waals surface area contributed by atoms with Gasteiger partial charge < -0.3 is 0 Å². The van der Waals surface area contributed by atoms with Gasteiger partial charge in [0.15, 0.2) is 0 Å². The van der Waals surface area contributed by atoms with E-state index >= 15 is 0 Å². The van der Waals surface area contributed by atoms with Crippen LogP contribution in [0.25, 0.3) is 16.5 Å². The third kappa shape index (κ3) is 1.58. The van der Waals surface area contributed by atoms with E-state index < -0.39 is 0 Å². The van der Waals surface area contributed by atoms with Crippen molar-refractivity contribution in [3.8, 4) is 0 Å². The summed E-state index contributed by atoms with van der Waals surface area (Å²) in [7, 11) is 0. The first-order chi connectivity index (χ1) is 9.74. The monoisotopic (exact) mass is 260 g/mol. The van der Waals surface area contributed by atoms with E-state index in [1.165, 1.54) is 21.7 Å². The number of hydrogen-bond donors (Lipinski definition) is 0. The topological polar surface area (TPSA) is 25.2 Å². The summed E-state index contributed by atoms with van der Waals surface area (Å²) in [6.07, 6.45) is 9.30. The molecule has 0 spiro atoms. The molecule has 0 fully saturated rings. The van der Waals surface area contributed by atoms with E-state index in [4.69, 9.17) is 4.99 Å². The summed E-state index contributed by atoms with van der Waals surface area (Å²) < 4.78 is 0. The normalized spacial score (nSPS) is 16.1. The highest BCUT2D eigenvalue weighted by Gasteiger charge is 2.15. The fourth-order valence-corrected chi connectivity index (χ4v) is 2.92. The number of allylic oxidation sites excluding steroid dienone is 4. The average molecular weight is 260 g/mol. The van der Waals surface area contributed by atoms with Gasteiger partial charge in [0.05, 0.1) is 16.6 Å². The molecular weight excluding hydrogens is 244 g/mol. The van der Waals surface area contributed by atoms with Crippen LogP contribution in [0.15, 0.2) is 53.3 Å². The molecule has 0 bridgehead atoms. The highest BCUT2D eigenvalue weighted by molar-refractivity contribution is 5.82. The Morgan fingerprint density at radius 3 is 2.95 bits per heavy atom.